The second-order valence-corrected chi connectivity index (χ2v) is 6.98. The first-order chi connectivity index (χ1) is 12.5. The maximum atomic E-state index is 13.5. The lowest BCUT2D eigenvalue weighted by molar-refractivity contribution is 0.0954. The molecule has 1 amide bonds. The average Bonchev–Trinajstić information content (AvgIpc) is 3.15. The summed E-state index contributed by atoms with van der Waals surface area (Å²) in [6.07, 6.45) is 0.963. The Morgan fingerprint density at radius 3 is 2.63 bits per heavy atom. The van der Waals surface area contributed by atoms with E-state index in [1.807, 2.05) is 7.05 Å². The lowest BCUT2D eigenvalue weighted by atomic mass is 10.1. The molecule has 27 heavy (non-hydrogen) atoms. The number of aryl methyl sites for hydroxylation is 1. The maximum Gasteiger partial charge on any atom is 0.251 e. The topological polar surface area (TPSA) is 56.7 Å². The van der Waals surface area contributed by atoms with Crippen LogP contribution in [0.5, 0.6) is 0 Å². The highest BCUT2D eigenvalue weighted by Gasteiger charge is 2.09. The molecule has 148 valence electrons. The Morgan fingerprint density at radius 2 is 2.00 bits per heavy atom. The van der Waals surface area contributed by atoms with Crippen LogP contribution in [0, 0.1) is 12.7 Å². The van der Waals surface area contributed by atoms with Crippen molar-refractivity contribution in [3.63, 3.8) is 0 Å². The first kappa shape index (κ1) is 23.4. The Kier molecular flexibility index (Phi) is 10.3. The SMILES string of the molecule is CN=C(NCCNC(=O)c1ccc(C)c(F)c1)N(C)CCc1cccs1.I. The minimum atomic E-state index is -0.372. The molecule has 0 saturated heterocycles. The molecule has 0 bridgehead atoms. The van der Waals surface area contributed by atoms with Crippen molar-refractivity contribution in [3.05, 3.63) is 57.5 Å². The van der Waals surface area contributed by atoms with E-state index in [4.69, 9.17) is 0 Å². The van der Waals surface area contributed by atoms with Gasteiger partial charge in [-0.15, -0.1) is 35.3 Å². The van der Waals surface area contributed by atoms with Crippen LogP contribution in [0.25, 0.3) is 0 Å². The number of carbonyl (C=O) groups excluding carboxylic acids is 1. The quantitative estimate of drug-likeness (QED) is 0.264. The Balaban J connectivity index is 0.00000364. The van der Waals surface area contributed by atoms with Crippen LogP contribution in [0.4, 0.5) is 4.39 Å². The van der Waals surface area contributed by atoms with Crippen LogP contribution < -0.4 is 10.6 Å². The van der Waals surface area contributed by atoms with Gasteiger partial charge in [-0.1, -0.05) is 12.1 Å². The van der Waals surface area contributed by atoms with Gasteiger partial charge in [0.05, 0.1) is 0 Å². The predicted octanol–water partition coefficient (Wildman–Crippen LogP) is 3.29. The molecule has 0 aliphatic rings. The van der Waals surface area contributed by atoms with E-state index in [-0.39, 0.29) is 35.7 Å². The fourth-order valence-corrected chi connectivity index (χ4v) is 3.11. The number of aliphatic imine (C=N–C) groups is 1. The first-order valence-electron chi connectivity index (χ1n) is 8.49. The van der Waals surface area contributed by atoms with Crippen LogP contribution in [-0.2, 0) is 6.42 Å². The van der Waals surface area contributed by atoms with Crippen LogP contribution in [0.15, 0.2) is 40.7 Å². The molecular weight excluding hydrogens is 478 g/mol. The second kappa shape index (κ2) is 11.9. The molecule has 0 radical (unpaired) electrons. The van der Waals surface area contributed by atoms with E-state index < -0.39 is 0 Å². The van der Waals surface area contributed by atoms with Gasteiger partial charge < -0.3 is 15.5 Å². The van der Waals surface area contributed by atoms with Gasteiger partial charge in [-0.25, -0.2) is 4.39 Å². The number of guanidine groups is 1. The molecule has 0 fully saturated rings. The van der Waals surface area contributed by atoms with Crippen LogP contribution in [0.1, 0.15) is 20.8 Å². The highest BCUT2D eigenvalue weighted by Crippen LogP contribution is 2.10. The summed E-state index contributed by atoms with van der Waals surface area (Å²) >= 11 is 1.75. The Bertz CT molecular complexity index is 752. The van der Waals surface area contributed by atoms with E-state index in [1.54, 1.807) is 37.4 Å². The van der Waals surface area contributed by atoms with Gasteiger partial charge in [0.15, 0.2) is 5.96 Å². The van der Waals surface area contributed by atoms with Crippen LogP contribution >= 0.6 is 35.3 Å². The van der Waals surface area contributed by atoms with Gasteiger partial charge in [0.1, 0.15) is 5.82 Å². The molecule has 5 nitrogen and oxygen atoms in total. The van der Waals surface area contributed by atoms with E-state index in [0.717, 1.165) is 18.9 Å². The Morgan fingerprint density at radius 1 is 1.26 bits per heavy atom. The van der Waals surface area contributed by atoms with Gasteiger partial charge in [0.2, 0.25) is 0 Å². The molecule has 0 saturated carbocycles. The standard InChI is InChI=1S/C19H25FN4OS.HI/c1-14-6-7-15(13-17(14)20)18(25)22-9-10-23-19(21-2)24(3)11-8-16-5-4-12-26-16;/h4-7,12-13H,8-11H2,1-3H3,(H,21,23)(H,22,25);1H. The number of benzene rings is 1. The van der Waals surface area contributed by atoms with Crippen LogP contribution in [-0.4, -0.2) is 50.5 Å². The summed E-state index contributed by atoms with van der Waals surface area (Å²) in [5.74, 6) is 0.118. The summed E-state index contributed by atoms with van der Waals surface area (Å²) in [5, 5.41) is 8.07. The third-order valence-electron chi connectivity index (χ3n) is 3.97. The number of halogens is 2. The fraction of sp³-hybridized carbons (Fsp3) is 0.368. The zero-order valence-electron chi connectivity index (χ0n) is 15.8. The number of nitrogens with zero attached hydrogens (tertiary/aromatic N) is 2. The number of nitrogens with one attached hydrogen (secondary N) is 2. The van der Waals surface area contributed by atoms with E-state index in [9.17, 15) is 9.18 Å². The largest absolute Gasteiger partial charge is 0.354 e. The Hall–Kier alpha value is -1.68. The van der Waals surface area contributed by atoms with Gasteiger partial charge >= 0.3 is 0 Å². The third-order valence-corrected chi connectivity index (χ3v) is 4.91. The number of hydrogen-bond donors (Lipinski definition) is 2. The number of hydrogen-bond acceptors (Lipinski definition) is 3. The van der Waals surface area contributed by atoms with Crippen molar-refractivity contribution >= 4 is 47.2 Å². The molecule has 0 aliphatic heterocycles. The van der Waals surface area contributed by atoms with Gasteiger partial charge in [0.25, 0.3) is 5.91 Å². The van der Waals surface area contributed by atoms with Gasteiger partial charge in [-0.05, 0) is 42.5 Å². The number of amides is 1. The molecule has 1 aromatic carbocycles. The van der Waals surface area contributed by atoms with Crippen molar-refractivity contribution in [1.29, 1.82) is 0 Å². The molecule has 8 heteroatoms. The zero-order chi connectivity index (χ0) is 18.9. The minimum absolute atomic E-state index is 0. The van der Waals surface area contributed by atoms with Crippen molar-refractivity contribution in [2.24, 2.45) is 4.99 Å². The summed E-state index contributed by atoms with van der Waals surface area (Å²) < 4.78 is 13.5. The smallest absolute Gasteiger partial charge is 0.251 e. The molecule has 0 unspecified atom stereocenters. The van der Waals surface area contributed by atoms with Crippen molar-refractivity contribution < 1.29 is 9.18 Å². The highest BCUT2D eigenvalue weighted by molar-refractivity contribution is 14.0. The summed E-state index contributed by atoms with van der Waals surface area (Å²) in [6, 6.07) is 8.66. The fourth-order valence-electron chi connectivity index (χ4n) is 2.41. The Labute approximate surface area is 181 Å². The lowest BCUT2D eigenvalue weighted by Gasteiger charge is -2.22. The van der Waals surface area contributed by atoms with Gasteiger partial charge in [-0.2, -0.15) is 0 Å². The number of rotatable bonds is 7. The van der Waals surface area contributed by atoms with Gasteiger partial charge in [0, 0.05) is 44.2 Å². The average molecular weight is 504 g/mol. The monoisotopic (exact) mass is 504 g/mol. The number of carbonyl (C=O) groups is 1. The van der Waals surface area contributed by atoms with Crippen molar-refractivity contribution in [1.82, 2.24) is 15.5 Å². The van der Waals surface area contributed by atoms with Crippen LogP contribution in [0.3, 0.4) is 0 Å². The molecule has 2 aromatic rings. The summed E-state index contributed by atoms with van der Waals surface area (Å²) in [4.78, 5) is 19.7. The normalized spacial score (nSPS) is 10.9. The lowest BCUT2D eigenvalue weighted by Crippen LogP contribution is -2.43. The molecular formula is C19H26FIN4OS. The molecule has 1 heterocycles. The van der Waals surface area contributed by atoms with E-state index in [0.29, 0.717) is 24.2 Å². The minimum Gasteiger partial charge on any atom is -0.354 e. The van der Waals surface area contributed by atoms with Gasteiger partial charge in [-0.3, -0.25) is 9.79 Å². The van der Waals surface area contributed by atoms with Crippen molar-refractivity contribution in [2.75, 3.05) is 33.7 Å². The molecule has 0 atom stereocenters. The number of likely N-dealkylation sites (N-methyl/N-ethyl adjacent to an activating group) is 1. The molecule has 2 rings (SSSR count). The van der Waals surface area contributed by atoms with Crippen molar-refractivity contribution in [2.45, 2.75) is 13.3 Å². The molecule has 1 aromatic heterocycles. The van der Waals surface area contributed by atoms with Crippen molar-refractivity contribution in [3.8, 4) is 0 Å². The highest BCUT2D eigenvalue weighted by atomic mass is 127. The molecule has 2 N–H and O–H groups in total. The summed E-state index contributed by atoms with van der Waals surface area (Å²) in [7, 11) is 3.72. The van der Waals surface area contributed by atoms with E-state index in [1.165, 1.54) is 10.9 Å². The predicted molar refractivity (Wildman–Crippen MR) is 121 cm³/mol. The first-order valence-corrected chi connectivity index (χ1v) is 9.37. The third kappa shape index (κ3) is 7.45. The second-order valence-electron chi connectivity index (χ2n) is 5.94. The zero-order valence-corrected chi connectivity index (χ0v) is 18.9. The number of thiophene rings is 1. The molecule has 0 aliphatic carbocycles. The summed E-state index contributed by atoms with van der Waals surface area (Å²) in [6.45, 7) is 3.49. The maximum absolute atomic E-state index is 13.5. The van der Waals surface area contributed by atoms with E-state index >= 15 is 0 Å². The molecule has 0 spiro atoms. The summed E-state index contributed by atoms with van der Waals surface area (Å²) in [5.41, 5.74) is 0.850. The van der Waals surface area contributed by atoms with Crippen LogP contribution in [0.2, 0.25) is 0 Å². The van der Waals surface area contributed by atoms with E-state index in [2.05, 4.69) is 38.0 Å².